The Kier molecular flexibility index (Phi) is 3.76. The van der Waals surface area contributed by atoms with Gasteiger partial charge in [0.05, 0.1) is 0 Å². The number of rotatable bonds is 2. The summed E-state index contributed by atoms with van der Waals surface area (Å²) >= 11 is -1.26. The van der Waals surface area contributed by atoms with Gasteiger partial charge >= 0.3 is 121 Å². The van der Waals surface area contributed by atoms with Gasteiger partial charge < -0.3 is 0 Å². The number of hydrogen-bond donors (Lipinski definition) is 0. The van der Waals surface area contributed by atoms with Gasteiger partial charge in [-0.3, -0.25) is 0 Å². The van der Waals surface area contributed by atoms with Gasteiger partial charge in [0.25, 0.3) is 0 Å². The molecule has 0 aromatic heterocycles. The molecule has 0 saturated carbocycles. The molecule has 0 fully saturated rings. The quantitative estimate of drug-likeness (QED) is 0.620. The molecule has 0 aromatic rings. The molecule has 0 atom stereocenters. The van der Waals surface area contributed by atoms with Gasteiger partial charge in [-0.1, -0.05) is 0 Å². The van der Waals surface area contributed by atoms with Gasteiger partial charge in [0.1, 0.15) is 0 Å². The fourth-order valence-corrected chi connectivity index (χ4v) is 6.47. The Labute approximate surface area is 120 Å². The maximum atomic E-state index is 2.51. The average molecular weight is 321 g/mol. The van der Waals surface area contributed by atoms with Crippen LogP contribution < -0.4 is 0 Å². The molecule has 0 heterocycles. The zero-order valence-corrected chi connectivity index (χ0v) is 15.3. The molecule has 0 radical (unpaired) electrons. The third-order valence-corrected chi connectivity index (χ3v) is 9.00. The zero-order valence-electron chi connectivity index (χ0n) is 12.9. The molecular formula is C17H25Zr. The van der Waals surface area contributed by atoms with Crippen molar-refractivity contribution in [3.8, 4) is 0 Å². The first-order valence-corrected chi connectivity index (χ1v) is 13.0. The first kappa shape index (κ1) is 14.3. The van der Waals surface area contributed by atoms with Crippen LogP contribution in [0.2, 0.25) is 9.26 Å². The molecule has 1 heteroatoms. The normalized spacial score (nSPS) is 22.6. The fourth-order valence-electron chi connectivity index (χ4n) is 3.35. The van der Waals surface area contributed by atoms with E-state index in [0.717, 1.165) is 0 Å². The van der Waals surface area contributed by atoms with Crippen molar-refractivity contribution in [2.45, 2.75) is 50.3 Å². The van der Waals surface area contributed by atoms with Crippen LogP contribution in [0.5, 0.6) is 0 Å². The standard InChI is InChI=1S/C15H19.2CH3.Zr/c1-10-11(2)14(13-8-6-7-9-13)15(4,5)12(10)3;;;/h6,8H,7H2,1-5H3;2*1H3;. The Bertz CT molecular complexity index is 508. The summed E-state index contributed by atoms with van der Waals surface area (Å²) in [4.78, 5) is 0. The maximum absolute atomic E-state index is 2.51. The first-order valence-electron chi connectivity index (χ1n) is 6.88. The van der Waals surface area contributed by atoms with Crippen LogP contribution in [-0.2, 0) is 21.8 Å². The summed E-state index contributed by atoms with van der Waals surface area (Å²) in [6.07, 6.45) is 6.00. The number of allylic oxidation sites excluding steroid dienone is 8. The summed E-state index contributed by atoms with van der Waals surface area (Å²) in [5, 5.41) is 0. The van der Waals surface area contributed by atoms with Crippen LogP contribution in [0.15, 0.2) is 43.3 Å². The molecule has 97 valence electrons. The van der Waals surface area contributed by atoms with Gasteiger partial charge in [0.2, 0.25) is 0 Å². The molecule has 2 aliphatic carbocycles. The van der Waals surface area contributed by atoms with Crippen molar-refractivity contribution < 1.29 is 21.8 Å². The topological polar surface area (TPSA) is 0 Å². The monoisotopic (exact) mass is 319 g/mol. The van der Waals surface area contributed by atoms with E-state index in [-0.39, 0.29) is 5.41 Å². The average Bonchev–Trinajstić information content (AvgIpc) is 2.79. The van der Waals surface area contributed by atoms with Gasteiger partial charge in [-0.25, -0.2) is 0 Å². The molecule has 0 bridgehead atoms. The molecule has 0 amide bonds. The Balaban J connectivity index is 2.60. The zero-order chi connectivity index (χ0) is 13.7. The molecular weight excluding hydrogens is 295 g/mol. The minimum absolute atomic E-state index is 0.224. The summed E-state index contributed by atoms with van der Waals surface area (Å²) in [6, 6.07) is 0. The second kappa shape index (κ2) is 4.75. The molecule has 0 aromatic carbocycles. The van der Waals surface area contributed by atoms with Crippen molar-refractivity contribution in [2.75, 3.05) is 0 Å². The molecule has 0 unspecified atom stereocenters. The molecule has 0 nitrogen and oxygen atoms in total. The second-order valence-corrected chi connectivity index (χ2v) is 12.8. The molecule has 18 heavy (non-hydrogen) atoms. The summed E-state index contributed by atoms with van der Waals surface area (Å²) < 4.78 is 6.83. The van der Waals surface area contributed by atoms with E-state index < -0.39 is 21.8 Å². The van der Waals surface area contributed by atoms with Crippen LogP contribution in [0.4, 0.5) is 0 Å². The summed E-state index contributed by atoms with van der Waals surface area (Å²) in [7, 11) is 0. The van der Waals surface area contributed by atoms with Crippen LogP contribution >= 0.6 is 0 Å². The summed E-state index contributed by atoms with van der Waals surface area (Å²) in [5.74, 6) is 0. The molecule has 0 N–H and O–H groups in total. The minimum atomic E-state index is -1.26. The summed E-state index contributed by atoms with van der Waals surface area (Å²) in [6.45, 7) is 11.7. The van der Waals surface area contributed by atoms with Gasteiger partial charge in [-0.2, -0.15) is 0 Å². The van der Waals surface area contributed by atoms with Crippen molar-refractivity contribution in [3.05, 3.63) is 43.3 Å². The van der Waals surface area contributed by atoms with Gasteiger partial charge in [0.15, 0.2) is 0 Å². The Morgan fingerprint density at radius 3 is 2.11 bits per heavy atom. The van der Waals surface area contributed by atoms with E-state index in [1.807, 2.05) is 3.28 Å². The van der Waals surface area contributed by atoms with Crippen LogP contribution in [-0.4, -0.2) is 0 Å². The van der Waals surface area contributed by atoms with Crippen LogP contribution in [0.3, 0.4) is 0 Å². The SMILES string of the molecule is CC1=C(C)C(C)(C)C(C2=[C]([Zr]([CH3])[CH3])CC=C2)=C1C. The predicted octanol–water partition coefficient (Wildman–Crippen LogP) is 5.61. The molecule has 0 aliphatic heterocycles. The van der Waals surface area contributed by atoms with Crippen molar-refractivity contribution >= 4 is 0 Å². The molecule has 2 rings (SSSR count). The molecule has 0 saturated heterocycles. The van der Waals surface area contributed by atoms with Crippen molar-refractivity contribution in [3.63, 3.8) is 0 Å². The van der Waals surface area contributed by atoms with E-state index in [0.29, 0.717) is 0 Å². The Morgan fingerprint density at radius 2 is 1.67 bits per heavy atom. The molecule has 0 spiro atoms. The van der Waals surface area contributed by atoms with E-state index in [1.165, 1.54) is 17.6 Å². The predicted molar refractivity (Wildman–Crippen MR) is 77.4 cm³/mol. The van der Waals surface area contributed by atoms with Gasteiger partial charge in [-0.15, -0.1) is 0 Å². The van der Waals surface area contributed by atoms with E-state index >= 15 is 0 Å². The Hall–Kier alpha value is -0.157. The Morgan fingerprint density at radius 1 is 1.06 bits per heavy atom. The van der Waals surface area contributed by atoms with Crippen LogP contribution in [0.1, 0.15) is 41.0 Å². The number of hydrogen-bond acceptors (Lipinski definition) is 0. The van der Waals surface area contributed by atoms with E-state index in [4.69, 9.17) is 0 Å². The van der Waals surface area contributed by atoms with E-state index in [1.54, 1.807) is 16.7 Å². The third kappa shape index (κ3) is 1.99. The van der Waals surface area contributed by atoms with E-state index in [2.05, 4.69) is 56.0 Å². The summed E-state index contributed by atoms with van der Waals surface area (Å²) in [5.41, 5.74) is 8.04. The van der Waals surface area contributed by atoms with Gasteiger partial charge in [0, 0.05) is 0 Å². The van der Waals surface area contributed by atoms with Gasteiger partial charge in [-0.05, 0) is 0 Å². The third-order valence-electron chi connectivity index (χ3n) is 4.87. The fraction of sp³-hybridized carbons (Fsp3) is 0.529. The molecule has 2 aliphatic rings. The van der Waals surface area contributed by atoms with Crippen molar-refractivity contribution in [2.24, 2.45) is 5.41 Å². The van der Waals surface area contributed by atoms with E-state index in [9.17, 15) is 0 Å². The van der Waals surface area contributed by atoms with Crippen molar-refractivity contribution in [1.29, 1.82) is 0 Å². The second-order valence-electron chi connectivity index (χ2n) is 6.37. The first-order chi connectivity index (χ1) is 8.28. The van der Waals surface area contributed by atoms with Crippen molar-refractivity contribution in [1.82, 2.24) is 0 Å². The van der Waals surface area contributed by atoms with Crippen LogP contribution in [0, 0.1) is 5.41 Å². The van der Waals surface area contributed by atoms with Crippen LogP contribution in [0.25, 0.3) is 0 Å².